The van der Waals surface area contributed by atoms with Gasteiger partial charge < -0.3 is 4.40 Å². The van der Waals surface area contributed by atoms with Crippen LogP contribution in [0.5, 0.6) is 0 Å². The zero-order valence-corrected chi connectivity index (χ0v) is 10.9. The number of aromatic nitrogens is 2. The molecule has 0 N–H and O–H groups in total. The molecule has 0 spiro atoms. The number of fused-ring (bicyclic) bond motifs is 1. The molecule has 3 rings (SSSR count). The van der Waals surface area contributed by atoms with Crippen LogP contribution in [0.4, 0.5) is 0 Å². The maximum Gasteiger partial charge on any atom is 0.117 e. The average molecular weight is 257 g/mol. The molecule has 90 valence electrons. The molecule has 2 heterocycles. The lowest BCUT2D eigenvalue weighted by Crippen LogP contribution is -1.96. The first-order valence-corrected chi connectivity index (χ1v) is 6.27. The highest BCUT2D eigenvalue weighted by molar-refractivity contribution is 6.30. The standard InChI is InChI=1S/C15H13ClN2/c1-11-6-7-18-14(8-11)10-17-15(18)9-12-2-4-13(16)5-3-12/h2-8,10H,9H2,1H3. The number of aryl methyl sites for hydroxylation is 1. The lowest BCUT2D eigenvalue weighted by Gasteiger charge is -2.02. The topological polar surface area (TPSA) is 17.3 Å². The number of halogens is 1. The van der Waals surface area contributed by atoms with Crippen LogP contribution in [0.3, 0.4) is 0 Å². The van der Waals surface area contributed by atoms with Crippen LogP contribution in [0.2, 0.25) is 5.02 Å². The normalized spacial score (nSPS) is 11.0. The second-order valence-electron chi connectivity index (χ2n) is 4.48. The Morgan fingerprint density at radius 1 is 1.17 bits per heavy atom. The predicted molar refractivity (Wildman–Crippen MR) is 74.2 cm³/mol. The van der Waals surface area contributed by atoms with E-state index in [2.05, 4.69) is 34.6 Å². The van der Waals surface area contributed by atoms with Gasteiger partial charge in [-0.25, -0.2) is 4.98 Å². The molecule has 0 saturated carbocycles. The van der Waals surface area contributed by atoms with Crippen molar-refractivity contribution in [2.45, 2.75) is 13.3 Å². The lowest BCUT2D eigenvalue weighted by atomic mass is 10.1. The third kappa shape index (κ3) is 2.12. The zero-order valence-electron chi connectivity index (χ0n) is 10.1. The van der Waals surface area contributed by atoms with Gasteiger partial charge in [0.25, 0.3) is 0 Å². The maximum atomic E-state index is 5.89. The molecule has 0 unspecified atom stereocenters. The molecule has 0 atom stereocenters. The Balaban J connectivity index is 1.97. The molecule has 0 amide bonds. The number of pyridine rings is 1. The number of benzene rings is 1. The first-order chi connectivity index (χ1) is 8.72. The summed E-state index contributed by atoms with van der Waals surface area (Å²) in [5, 5.41) is 0.766. The molecule has 0 aliphatic carbocycles. The van der Waals surface area contributed by atoms with E-state index in [0.29, 0.717) is 0 Å². The number of nitrogens with zero attached hydrogens (tertiary/aromatic N) is 2. The Hall–Kier alpha value is -1.80. The second kappa shape index (κ2) is 4.46. The number of hydrogen-bond acceptors (Lipinski definition) is 1. The molecule has 0 aliphatic heterocycles. The van der Waals surface area contributed by atoms with E-state index in [-0.39, 0.29) is 0 Å². The second-order valence-corrected chi connectivity index (χ2v) is 4.91. The van der Waals surface area contributed by atoms with E-state index in [1.165, 1.54) is 11.1 Å². The van der Waals surface area contributed by atoms with E-state index in [1.54, 1.807) is 0 Å². The van der Waals surface area contributed by atoms with E-state index in [9.17, 15) is 0 Å². The highest BCUT2D eigenvalue weighted by atomic mass is 35.5. The van der Waals surface area contributed by atoms with Crippen molar-refractivity contribution < 1.29 is 0 Å². The molecule has 0 bridgehead atoms. The summed E-state index contributed by atoms with van der Waals surface area (Å²) in [6, 6.07) is 12.1. The Kier molecular flexibility index (Phi) is 2.80. The minimum absolute atomic E-state index is 0.766. The summed E-state index contributed by atoms with van der Waals surface area (Å²) in [5.74, 6) is 1.05. The Morgan fingerprint density at radius 3 is 2.72 bits per heavy atom. The zero-order chi connectivity index (χ0) is 12.5. The maximum absolute atomic E-state index is 5.89. The van der Waals surface area contributed by atoms with Crippen LogP contribution in [0, 0.1) is 6.92 Å². The van der Waals surface area contributed by atoms with Gasteiger partial charge in [0, 0.05) is 17.6 Å². The van der Waals surface area contributed by atoms with E-state index >= 15 is 0 Å². The van der Waals surface area contributed by atoms with Crippen LogP contribution in [0.25, 0.3) is 5.52 Å². The van der Waals surface area contributed by atoms with Crippen LogP contribution in [-0.2, 0) is 6.42 Å². The fourth-order valence-corrected chi connectivity index (χ4v) is 2.21. The molecule has 1 aromatic carbocycles. The van der Waals surface area contributed by atoms with Gasteiger partial charge in [-0.1, -0.05) is 23.7 Å². The third-order valence-corrected chi connectivity index (χ3v) is 3.29. The smallest absolute Gasteiger partial charge is 0.117 e. The van der Waals surface area contributed by atoms with Gasteiger partial charge >= 0.3 is 0 Å². The monoisotopic (exact) mass is 256 g/mol. The van der Waals surface area contributed by atoms with Crippen LogP contribution < -0.4 is 0 Å². The van der Waals surface area contributed by atoms with Gasteiger partial charge in [0.15, 0.2) is 0 Å². The summed E-state index contributed by atoms with van der Waals surface area (Å²) in [5.41, 5.74) is 3.60. The largest absolute Gasteiger partial charge is 0.303 e. The van der Waals surface area contributed by atoms with Crippen molar-refractivity contribution in [1.82, 2.24) is 9.38 Å². The Bertz CT molecular complexity index is 683. The molecule has 2 aromatic heterocycles. The van der Waals surface area contributed by atoms with Crippen molar-refractivity contribution >= 4 is 17.1 Å². The minimum atomic E-state index is 0.766. The summed E-state index contributed by atoms with van der Waals surface area (Å²) in [7, 11) is 0. The van der Waals surface area contributed by atoms with Crippen LogP contribution in [-0.4, -0.2) is 9.38 Å². The summed E-state index contributed by atoms with van der Waals surface area (Å²) in [6.45, 7) is 2.09. The molecule has 0 saturated heterocycles. The molecule has 18 heavy (non-hydrogen) atoms. The Morgan fingerprint density at radius 2 is 1.94 bits per heavy atom. The Labute approximate surface area is 111 Å². The van der Waals surface area contributed by atoms with Crippen molar-refractivity contribution in [1.29, 1.82) is 0 Å². The highest BCUT2D eigenvalue weighted by Crippen LogP contribution is 2.15. The van der Waals surface area contributed by atoms with E-state index in [0.717, 1.165) is 22.8 Å². The van der Waals surface area contributed by atoms with Crippen molar-refractivity contribution in [3.8, 4) is 0 Å². The van der Waals surface area contributed by atoms with Gasteiger partial charge in [0.05, 0.1) is 11.7 Å². The molecule has 0 fully saturated rings. The summed E-state index contributed by atoms with van der Waals surface area (Å²) < 4.78 is 2.13. The molecule has 2 nitrogen and oxygen atoms in total. The lowest BCUT2D eigenvalue weighted by molar-refractivity contribution is 0.960. The number of rotatable bonds is 2. The van der Waals surface area contributed by atoms with Gasteiger partial charge in [0.2, 0.25) is 0 Å². The van der Waals surface area contributed by atoms with Crippen molar-refractivity contribution in [3.05, 3.63) is 70.8 Å². The molecule has 0 aliphatic rings. The summed E-state index contributed by atoms with van der Waals surface area (Å²) in [6.07, 6.45) is 4.80. The third-order valence-electron chi connectivity index (χ3n) is 3.04. The average Bonchev–Trinajstić information content (AvgIpc) is 2.74. The SMILES string of the molecule is Cc1ccn2c(Cc3ccc(Cl)cc3)ncc2c1. The predicted octanol–water partition coefficient (Wildman–Crippen LogP) is 3.89. The molecule has 3 aromatic rings. The van der Waals surface area contributed by atoms with Gasteiger partial charge in [-0.2, -0.15) is 0 Å². The van der Waals surface area contributed by atoms with Gasteiger partial charge in [-0.15, -0.1) is 0 Å². The van der Waals surface area contributed by atoms with Crippen molar-refractivity contribution in [3.63, 3.8) is 0 Å². The number of hydrogen-bond donors (Lipinski definition) is 0. The summed E-state index contributed by atoms with van der Waals surface area (Å²) >= 11 is 5.89. The molecule has 0 radical (unpaired) electrons. The van der Waals surface area contributed by atoms with Gasteiger partial charge in [-0.05, 0) is 42.3 Å². The van der Waals surface area contributed by atoms with E-state index in [4.69, 9.17) is 11.6 Å². The molecule has 3 heteroatoms. The molecular weight excluding hydrogens is 244 g/mol. The quantitative estimate of drug-likeness (QED) is 0.680. The minimum Gasteiger partial charge on any atom is -0.303 e. The van der Waals surface area contributed by atoms with Crippen molar-refractivity contribution in [2.24, 2.45) is 0 Å². The van der Waals surface area contributed by atoms with E-state index < -0.39 is 0 Å². The fraction of sp³-hybridized carbons (Fsp3) is 0.133. The van der Waals surface area contributed by atoms with E-state index in [1.807, 2.05) is 30.5 Å². The summed E-state index contributed by atoms with van der Waals surface area (Å²) in [4.78, 5) is 4.48. The fourth-order valence-electron chi connectivity index (χ4n) is 2.08. The van der Waals surface area contributed by atoms with Crippen LogP contribution in [0.1, 0.15) is 17.0 Å². The highest BCUT2D eigenvalue weighted by Gasteiger charge is 2.04. The molecular formula is C15H13ClN2. The first kappa shape index (κ1) is 11.3. The first-order valence-electron chi connectivity index (χ1n) is 5.89. The van der Waals surface area contributed by atoms with Gasteiger partial charge in [0.1, 0.15) is 5.82 Å². The van der Waals surface area contributed by atoms with Crippen LogP contribution >= 0.6 is 11.6 Å². The van der Waals surface area contributed by atoms with Gasteiger partial charge in [-0.3, -0.25) is 0 Å². The van der Waals surface area contributed by atoms with Crippen LogP contribution in [0.15, 0.2) is 48.8 Å². The number of imidazole rings is 1. The van der Waals surface area contributed by atoms with Crippen molar-refractivity contribution in [2.75, 3.05) is 0 Å².